The van der Waals surface area contributed by atoms with Gasteiger partial charge in [-0.3, -0.25) is 19.7 Å². The van der Waals surface area contributed by atoms with Crippen LogP contribution in [0.4, 0.5) is 5.69 Å². The van der Waals surface area contributed by atoms with Crippen LogP contribution in [0.5, 0.6) is 0 Å². The van der Waals surface area contributed by atoms with Crippen molar-refractivity contribution in [1.82, 2.24) is 4.90 Å². The van der Waals surface area contributed by atoms with Crippen LogP contribution < -0.4 is 0 Å². The van der Waals surface area contributed by atoms with E-state index in [1.54, 1.807) is 12.1 Å². The number of esters is 1. The first-order chi connectivity index (χ1) is 18.6. The molecule has 7 nitrogen and oxygen atoms in total. The van der Waals surface area contributed by atoms with E-state index in [-0.39, 0.29) is 17.4 Å². The van der Waals surface area contributed by atoms with Gasteiger partial charge in [-0.05, 0) is 57.5 Å². The zero-order valence-corrected chi connectivity index (χ0v) is 22.9. The lowest BCUT2D eigenvalue weighted by molar-refractivity contribution is -0.384. The molecular weight excluding hydrogens is 492 g/mol. The van der Waals surface area contributed by atoms with Crippen LogP contribution >= 0.6 is 0 Å². The summed E-state index contributed by atoms with van der Waals surface area (Å²) in [5.74, 6) is -1.87. The second-order valence-corrected chi connectivity index (χ2v) is 10.4. The van der Waals surface area contributed by atoms with Gasteiger partial charge < -0.3 is 9.64 Å². The van der Waals surface area contributed by atoms with E-state index in [1.165, 1.54) is 42.3 Å². The molecule has 0 aliphatic heterocycles. The number of benzene rings is 3. The zero-order chi connectivity index (χ0) is 28.4. The van der Waals surface area contributed by atoms with Crippen LogP contribution in [-0.4, -0.2) is 47.3 Å². The number of nitro groups is 1. The molecule has 0 heterocycles. The molecule has 0 aromatic heterocycles. The van der Waals surface area contributed by atoms with E-state index < -0.39 is 22.4 Å². The van der Waals surface area contributed by atoms with E-state index >= 15 is 0 Å². The molecule has 3 aromatic rings. The molecule has 0 N–H and O–H groups in total. The minimum Gasteiger partial charge on any atom is -0.458 e. The van der Waals surface area contributed by atoms with Crippen molar-refractivity contribution in [2.75, 3.05) is 20.1 Å². The Balaban J connectivity index is 1.63. The minimum atomic E-state index is -1.10. The van der Waals surface area contributed by atoms with Crippen LogP contribution in [0.15, 0.2) is 91.0 Å². The quantitative estimate of drug-likeness (QED) is 0.112. The fourth-order valence-corrected chi connectivity index (χ4v) is 4.67. The molecule has 0 aliphatic rings. The number of nitro benzene ring substituents is 1. The molecule has 3 aromatic carbocycles. The largest absolute Gasteiger partial charge is 0.458 e. The van der Waals surface area contributed by atoms with Gasteiger partial charge in [0.2, 0.25) is 0 Å². The predicted octanol–water partition coefficient (Wildman–Crippen LogP) is 6.29. The maximum atomic E-state index is 13.0. The molecular formula is C32H36N2O5. The maximum absolute atomic E-state index is 13.0. The van der Waals surface area contributed by atoms with Crippen molar-refractivity contribution in [3.63, 3.8) is 0 Å². The van der Waals surface area contributed by atoms with Crippen molar-refractivity contribution < 1.29 is 19.2 Å². The molecule has 0 fully saturated rings. The number of non-ortho nitro benzene ring substituents is 1. The van der Waals surface area contributed by atoms with Gasteiger partial charge in [-0.25, -0.2) is 0 Å². The molecule has 7 heteroatoms. The number of carbonyl (C=O) groups is 2. The average molecular weight is 529 g/mol. The van der Waals surface area contributed by atoms with E-state index in [9.17, 15) is 19.7 Å². The van der Waals surface area contributed by atoms with Crippen molar-refractivity contribution >= 4 is 23.5 Å². The van der Waals surface area contributed by atoms with Crippen LogP contribution in [0.1, 0.15) is 49.8 Å². The van der Waals surface area contributed by atoms with Gasteiger partial charge in [0.05, 0.1) is 4.92 Å². The van der Waals surface area contributed by atoms with Crippen LogP contribution in [0.25, 0.3) is 6.08 Å². The number of hydrogen-bond donors (Lipinski definition) is 0. The number of rotatable bonds is 13. The standard InChI is InChI=1S/C32H36N2O5/c1-24(35)29(19-18-25-12-11-17-28(22-25)34(37)38)31(36)39-32(2,3)23-33(4)21-20-30(26-13-7-5-8-14-26)27-15-9-6-10-16-27/h5-19,22,29-30H,20-21,23H2,1-4H3/b19-18-. The van der Waals surface area contributed by atoms with Gasteiger partial charge in [-0.15, -0.1) is 0 Å². The molecule has 1 atom stereocenters. The summed E-state index contributed by atoms with van der Waals surface area (Å²) in [5, 5.41) is 11.0. The van der Waals surface area contributed by atoms with Crippen molar-refractivity contribution in [1.29, 1.82) is 0 Å². The number of nitrogens with zero attached hydrogens (tertiary/aromatic N) is 2. The Bertz CT molecular complexity index is 1250. The first-order valence-corrected chi connectivity index (χ1v) is 13.0. The number of likely N-dealkylation sites (N-methyl/N-ethyl adjacent to an activating group) is 1. The normalized spacial score (nSPS) is 12.6. The summed E-state index contributed by atoms with van der Waals surface area (Å²) in [6.45, 7) is 6.24. The molecule has 3 rings (SSSR count). The minimum absolute atomic E-state index is 0.0648. The van der Waals surface area contributed by atoms with Crippen LogP contribution in [0.3, 0.4) is 0 Å². The first kappa shape index (κ1) is 29.5. The van der Waals surface area contributed by atoms with Gasteiger partial charge >= 0.3 is 5.97 Å². The third-order valence-electron chi connectivity index (χ3n) is 6.49. The number of hydrogen-bond acceptors (Lipinski definition) is 6. The van der Waals surface area contributed by atoms with Crippen LogP contribution in [-0.2, 0) is 14.3 Å². The summed E-state index contributed by atoms with van der Waals surface area (Å²) in [5.41, 5.74) is 2.12. The number of Topliss-reactive ketones (excluding diaryl/α,β-unsaturated/α-hetero) is 1. The van der Waals surface area contributed by atoms with Gasteiger partial charge in [0.25, 0.3) is 5.69 Å². The van der Waals surface area contributed by atoms with Gasteiger partial charge in [0.15, 0.2) is 0 Å². The Morgan fingerprint density at radius 3 is 2.10 bits per heavy atom. The highest BCUT2D eigenvalue weighted by Gasteiger charge is 2.30. The highest BCUT2D eigenvalue weighted by atomic mass is 16.6. The highest BCUT2D eigenvalue weighted by Crippen LogP contribution is 2.28. The van der Waals surface area contributed by atoms with E-state index in [4.69, 9.17) is 4.74 Å². The third-order valence-corrected chi connectivity index (χ3v) is 6.49. The summed E-state index contributed by atoms with van der Waals surface area (Å²) >= 11 is 0. The average Bonchev–Trinajstić information content (AvgIpc) is 2.89. The SMILES string of the molecule is CC(=O)C(/C=C\c1cccc([N+](=O)[O-])c1)C(=O)OC(C)(C)CN(C)CCC(c1ccccc1)c1ccccc1. The molecule has 204 valence electrons. The first-order valence-electron chi connectivity index (χ1n) is 13.0. The highest BCUT2D eigenvalue weighted by molar-refractivity contribution is 6.00. The van der Waals surface area contributed by atoms with Crippen molar-refractivity contribution in [3.8, 4) is 0 Å². The summed E-state index contributed by atoms with van der Waals surface area (Å²) in [4.78, 5) is 37.9. The lowest BCUT2D eigenvalue weighted by atomic mass is 9.88. The predicted molar refractivity (Wildman–Crippen MR) is 153 cm³/mol. The smallest absolute Gasteiger partial charge is 0.320 e. The van der Waals surface area contributed by atoms with Gasteiger partial charge in [-0.1, -0.05) is 84.9 Å². The number of ketones is 1. The topological polar surface area (TPSA) is 89.8 Å². The van der Waals surface area contributed by atoms with Crippen molar-refractivity contribution in [2.24, 2.45) is 5.92 Å². The molecule has 0 saturated heterocycles. The number of ether oxygens (including phenoxy) is 1. The molecule has 0 radical (unpaired) electrons. The number of carbonyl (C=O) groups excluding carboxylic acids is 2. The van der Waals surface area contributed by atoms with E-state index in [1.807, 2.05) is 33.0 Å². The Labute approximate surface area is 230 Å². The fourth-order valence-electron chi connectivity index (χ4n) is 4.67. The summed E-state index contributed by atoms with van der Waals surface area (Å²) in [6.07, 6.45) is 3.86. The summed E-state index contributed by atoms with van der Waals surface area (Å²) in [7, 11) is 1.99. The van der Waals surface area contributed by atoms with Gasteiger partial charge in [-0.2, -0.15) is 0 Å². The molecule has 0 spiro atoms. The van der Waals surface area contributed by atoms with Crippen LogP contribution in [0.2, 0.25) is 0 Å². The summed E-state index contributed by atoms with van der Waals surface area (Å²) < 4.78 is 5.80. The molecule has 1 unspecified atom stereocenters. The van der Waals surface area contributed by atoms with E-state index in [0.717, 1.165) is 13.0 Å². The Morgan fingerprint density at radius 2 is 1.56 bits per heavy atom. The third kappa shape index (κ3) is 9.00. The zero-order valence-electron chi connectivity index (χ0n) is 22.9. The van der Waals surface area contributed by atoms with Crippen molar-refractivity contribution in [3.05, 3.63) is 118 Å². The Morgan fingerprint density at radius 1 is 0.974 bits per heavy atom. The molecule has 0 saturated carbocycles. The second kappa shape index (κ2) is 13.6. The van der Waals surface area contributed by atoms with E-state index in [2.05, 4.69) is 53.4 Å². The lowest BCUT2D eigenvalue weighted by Gasteiger charge is -2.32. The Kier molecular flexibility index (Phi) is 10.3. The fraction of sp³-hybridized carbons (Fsp3) is 0.312. The van der Waals surface area contributed by atoms with Crippen LogP contribution in [0, 0.1) is 16.0 Å². The van der Waals surface area contributed by atoms with Crippen molar-refractivity contribution in [2.45, 2.75) is 38.7 Å². The molecule has 0 aliphatic carbocycles. The Hall–Kier alpha value is -4.10. The molecule has 0 bridgehead atoms. The monoisotopic (exact) mass is 528 g/mol. The summed E-state index contributed by atoms with van der Waals surface area (Å²) in [6, 6.07) is 26.8. The molecule has 0 amide bonds. The van der Waals surface area contributed by atoms with Gasteiger partial charge in [0.1, 0.15) is 17.3 Å². The lowest BCUT2D eigenvalue weighted by Crippen LogP contribution is -2.42. The molecule has 39 heavy (non-hydrogen) atoms. The second-order valence-electron chi connectivity index (χ2n) is 10.4. The maximum Gasteiger partial charge on any atom is 0.320 e. The van der Waals surface area contributed by atoms with Gasteiger partial charge in [0, 0.05) is 24.6 Å². The van der Waals surface area contributed by atoms with E-state index in [0.29, 0.717) is 12.1 Å².